The Morgan fingerprint density at radius 2 is 0.404 bits per heavy atom. The van der Waals surface area contributed by atoms with E-state index in [-0.39, 0.29) is 0 Å². The van der Waals surface area contributed by atoms with Crippen LogP contribution in [-0.4, -0.2) is 38.7 Å². The molecule has 0 unspecified atom stereocenters. The maximum absolute atomic E-state index is 6.53. The molecule has 0 fully saturated rings. The number of para-hydroxylation sites is 6. The Labute approximate surface area is 598 Å². The van der Waals surface area contributed by atoms with E-state index in [1.54, 1.807) is 0 Å². The molecule has 488 valence electrons. The van der Waals surface area contributed by atoms with Crippen LogP contribution in [0, 0.1) is 0 Å². The number of hydrogen-bond acceptors (Lipinski definition) is 8. The van der Waals surface area contributed by atoms with Crippen molar-refractivity contribution in [3.63, 3.8) is 0 Å². The molecule has 10 heteroatoms. The van der Waals surface area contributed by atoms with E-state index in [2.05, 4.69) is 312 Å². The molecule has 0 saturated carbocycles. The molecule has 0 bridgehead atoms. The smallest absolute Gasteiger partial charge is 0.213 e. The van der Waals surface area contributed by atoms with Crippen molar-refractivity contribution < 1.29 is 8.83 Å². The van der Waals surface area contributed by atoms with Gasteiger partial charge in [0.25, 0.3) is 0 Å². The van der Waals surface area contributed by atoms with Gasteiger partial charge in [-0.15, -0.1) is 0 Å². The van der Waals surface area contributed by atoms with E-state index in [0.29, 0.717) is 34.9 Å². The minimum Gasteiger partial charge on any atom is -0.438 e. The largest absolute Gasteiger partial charge is 0.438 e. The van der Waals surface area contributed by atoms with Crippen molar-refractivity contribution in [2.45, 2.75) is 0 Å². The molecule has 0 aliphatic heterocycles. The standard InChI is InChI=1S/2C47H30N4O/c1-3-12-31(13-4-1)33-22-26-35(27-23-33)44-48-45(36-28-24-34(25-29-36)32-14-5-2-6-15-32)50-46(49-44)38-17-11-16-37(30-38)43-39-18-7-8-19-40(39)51-41-20-9-10-21-42(41)52-47(43)51;1-3-11-31(12-4-1)33-19-25-36(26-20-33)44-48-45(37-27-21-34(22-28-37)32-13-5-2-6-14-32)50-46(49-44)38-29-23-35(24-30-38)43-39-15-7-8-16-40(39)51-41-17-9-10-18-42(41)52-47(43)51/h2*1-30H. The zero-order chi connectivity index (χ0) is 68.9. The highest BCUT2D eigenvalue weighted by molar-refractivity contribution is 6.08. The Hall–Kier alpha value is -14.2. The summed E-state index contributed by atoms with van der Waals surface area (Å²) in [6.07, 6.45) is 0. The average molecular weight is 1330 g/mol. The highest BCUT2D eigenvalue weighted by atomic mass is 16.3. The zero-order valence-corrected chi connectivity index (χ0v) is 56.0. The van der Waals surface area contributed by atoms with E-state index in [9.17, 15) is 0 Å². The highest BCUT2D eigenvalue weighted by Crippen LogP contribution is 2.43. The van der Waals surface area contributed by atoms with Gasteiger partial charge < -0.3 is 8.83 Å². The fourth-order valence-corrected chi connectivity index (χ4v) is 14.2. The molecule has 0 spiro atoms. The van der Waals surface area contributed by atoms with Gasteiger partial charge in [0.15, 0.2) is 46.1 Å². The number of rotatable bonds is 12. The molecule has 0 saturated heterocycles. The van der Waals surface area contributed by atoms with Crippen LogP contribution in [-0.2, 0) is 0 Å². The van der Waals surface area contributed by atoms with E-state index in [4.69, 9.17) is 38.7 Å². The molecular weight excluding hydrogens is 1270 g/mol. The van der Waals surface area contributed by atoms with E-state index in [0.717, 1.165) is 144 Å². The Morgan fingerprint density at radius 1 is 0.173 bits per heavy atom. The van der Waals surface area contributed by atoms with Gasteiger partial charge in [-0.05, 0) is 98.1 Å². The lowest BCUT2D eigenvalue weighted by Crippen LogP contribution is -2.00. The molecular formula is C94H60N8O2. The second-order valence-electron chi connectivity index (χ2n) is 25.7. The van der Waals surface area contributed by atoms with E-state index in [1.165, 1.54) is 11.1 Å². The molecule has 20 aromatic rings. The number of nitrogens with zero attached hydrogens (tertiary/aromatic N) is 8. The van der Waals surface area contributed by atoms with Crippen molar-refractivity contribution in [3.05, 3.63) is 364 Å². The lowest BCUT2D eigenvalue weighted by molar-refractivity contribution is 0.658. The summed E-state index contributed by atoms with van der Waals surface area (Å²) in [6.45, 7) is 0. The molecule has 104 heavy (non-hydrogen) atoms. The fourth-order valence-electron chi connectivity index (χ4n) is 14.2. The van der Waals surface area contributed by atoms with Crippen LogP contribution in [0.3, 0.4) is 0 Å². The second kappa shape index (κ2) is 26.1. The molecule has 14 aromatic carbocycles. The van der Waals surface area contributed by atoms with Gasteiger partial charge in [-0.1, -0.05) is 322 Å². The molecule has 20 rings (SSSR count). The van der Waals surface area contributed by atoms with Gasteiger partial charge in [0.1, 0.15) is 0 Å². The van der Waals surface area contributed by atoms with Crippen LogP contribution < -0.4 is 0 Å². The first kappa shape index (κ1) is 60.9. The Bertz CT molecular complexity index is 6330. The van der Waals surface area contributed by atoms with Crippen LogP contribution >= 0.6 is 0 Å². The summed E-state index contributed by atoms with van der Waals surface area (Å²) in [7, 11) is 0. The SMILES string of the molecule is c1ccc(-c2ccc(-c3nc(-c4ccc(-c5ccccc5)cc4)nc(-c4ccc(-c5c6ccccc6n6c5oc5ccccc56)cc4)n3)cc2)cc1.c1ccc(-c2ccc(-c3nc(-c4ccc(-c5ccccc5)cc4)nc(-c4cccc(-c5c6ccccc6n6c5oc5ccccc56)c4)n3)cc2)cc1. The second-order valence-corrected chi connectivity index (χ2v) is 25.7. The molecule has 6 heterocycles. The summed E-state index contributed by atoms with van der Waals surface area (Å²) in [6, 6.07) is 125. The van der Waals surface area contributed by atoms with Crippen LogP contribution in [0.1, 0.15) is 0 Å². The van der Waals surface area contributed by atoms with Gasteiger partial charge in [0.2, 0.25) is 11.4 Å². The third kappa shape index (κ3) is 11.3. The van der Waals surface area contributed by atoms with Crippen molar-refractivity contribution in [1.82, 2.24) is 38.7 Å². The first-order valence-corrected chi connectivity index (χ1v) is 34.7. The minimum absolute atomic E-state index is 0.602. The van der Waals surface area contributed by atoms with Crippen molar-refractivity contribution in [3.8, 4) is 135 Å². The summed E-state index contributed by atoms with van der Waals surface area (Å²) in [5, 5.41) is 2.26. The normalized spacial score (nSPS) is 11.5. The Kier molecular flexibility index (Phi) is 15.3. The van der Waals surface area contributed by atoms with Crippen LogP contribution in [0.25, 0.3) is 191 Å². The molecule has 6 aromatic heterocycles. The predicted octanol–water partition coefficient (Wildman–Crippen LogP) is 24.1. The number of fused-ring (bicyclic) bond motifs is 10. The van der Waals surface area contributed by atoms with Crippen LogP contribution in [0.15, 0.2) is 373 Å². The van der Waals surface area contributed by atoms with Crippen LogP contribution in [0.2, 0.25) is 0 Å². The van der Waals surface area contributed by atoms with Crippen LogP contribution in [0.5, 0.6) is 0 Å². The number of hydrogen-bond donors (Lipinski definition) is 0. The predicted molar refractivity (Wildman–Crippen MR) is 421 cm³/mol. The van der Waals surface area contributed by atoms with Gasteiger partial charge in [-0.2, -0.15) is 0 Å². The summed E-state index contributed by atoms with van der Waals surface area (Å²) in [4.78, 5) is 30.3. The van der Waals surface area contributed by atoms with E-state index < -0.39 is 0 Å². The molecule has 0 radical (unpaired) electrons. The average Bonchev–Trinajstić information content (AvgIpc) is 1.57. The summed E-state index contributed by atoms with van der Waals surface area (Å²) >= 11 is 0. The van der Waals surface area contributed by atoms with Gasteiger partial charge in [-0.25, -0.2) is 29.9 Å². The molecule has 0 aliphatic carbocycles. The first-order valence-electron chi connectivity index (χ1n) is 34.7. The third-order valence-electron chi connectivity index (χ3n) is 19.4. The summed E-state index contributed by atoms with van der Waals surface area (Å²) in [5.41, 5.74) is 26.6. The molecule has 0 N–H and O–H groups in total. The topological polar surface area (TPSA) is 112 Å². The van der Waals surface area contributed by atoms with Crippen molar-refractivity contribution in [1.29, 1.82) is 0 Å². The minimum atomic E-state index is 0.602. The van der Waals surface area contributed by atoms with Crippen LogP contribution in [0.4, 0.5) is 0 Å². The maximum Gasteiger partial charge on any atom is 0.213 e. The number of benzene rings is 14. The first-order chi connectivity index (χ1) is 51.5. The monoisotopic (exact) mass is 1330 g/mol. The number of aromatic nitrogens is 8. The maximum atomic E-state index is 6.53. The van der Waals surface area contributed by atoms with Crippen molar-refractivity contribution >= 4 is 55.4 Å². The van der Waals surface area contributed by atoms with Gasteiger partial charge in [-0.3, -0.25) is 8.80 Å². The van der Waals surface area contributed by atoms with Gasteiger partial charge in [0, 0.05) is 44.2 Å². The van der Waals surface area contributed by atoms with E-state index in [1.807, 2.05) is 60.7 Å². The lowest BCUT2D eigenvalue weighted by atomic mass is 10.0. The third-order valence-corrected chi connectivity index (χ3v) is 19.4. The van der Waals surface area contributed by atoms with Gasteiger partial charge in [0.05, 0.1) is 33.2 Å². The van der Waals surface area contributed by atoms with Crippen molar-refractivity contribution in [2.24, 2.45) is 0 Å². The summed E-state index contributed by atoms with van der Waals surface area (Å²) in [5.74, 6) is 3.70. The highest BCUT2D eigenvalue weighted by Gasteiger charge is 2.24. The number of oxazole rings is 2. The van der Waals surface area contributed by atoms with Gasteiger partial charge >= 0.3 is 0 Å². The molecule has 10 nitrogen and oxygen atoms in total. The zero-order valence-electron chi connectivity index (χ0n) is 56.0. The molecule has 0 amide bonds. The lowest BCUT2D eigenvalue weighted by Gasteiger charge is -2.10. The Morgan fingerprint density at radius 3 is 0.740 bits per heavy atom. The molecule has 0 aliphatic rings. The molecule has 0 atom stereocenters. The Balaban J connectivity index is 0.000000143. The van der Waals surface area contributed by atoms with Crippen molar-refractivity contribution in [2.75, 3.05) is 0 Å². The quantitative estimate of drug-likeness (QED) is 0.119. The van der Waals surface area contributed by atoms with E-state index >= 15 is 0 Å². The summed E-state index contributed by atoms with van der Waals surface area (Å²) < 4.78 is 17.4. The fraction of sp³-hybridized carbons (Fsp3) is 0.